The molecule has 1 aromatic heterocycles. The summed E-state index contributed by atoms with van der Waals surface area (Å²) in [6, 6.07) is 11.1. The SMILES string of the molecule is COC(=O)c1c(NC(=O)CN(c2cc(OC)ccc2OC)S(=O)(=O)c2ccc(C)cc2)sc2c1CCCC2. The molecule has 11 heteroatoms. The molecule has 0 saturated carbocycles. The summed E-state index contributed by atoms with van der Waals surface area (Å²) in [5.74, 6) is -0.507. The van der Waals surface area contributed by atoms with Gasteiger partial charge in [0.05, 0.1) is 37.5 Å². The number of anilines is 2. The van der Waals surface area contributed by atoms with Crippen molar-refractivity contribution in [3.05, 3.63) is 64.0 Å². The lowest BCUT2D eigenvalue weighted by Crippen LogP contribution is -2.38. The van der Waals surface area contributed by atoms with Crippen molar-refractivity contribution >= 4 is 43.9 Å². The minimum Gasteiger partial charge on any atom is -0.497 e. The molecule has 0 saturated heterocycles. The van der Waals surface area contributed by atoms with Gasteiger partial charge in [0.1, 0.15) is 23.0 Å². The first kappa shape index (κ1) is 27.5. The third-order valence-corrected chi connectivity index (χ3v) is 9.35. The fourth-order valence-electron chi connectivity index (χ4n) is 4.40. The van der Waals surface area contributed by atoms with Gasteiger partial charge >= 0.3 is 5.97 Å². The first-order valence-corrected chi connectivity index (χ1v) is 14.3. The van der Waals surface area contributed by atoms with E-state index in [1.807, 2.05) is 6.92 Å². The molecular formula is C27H30N2O7S2. The summed E-state index contributed by atoms with van der Waals surface area (Å²) in [4.78, 5) is 27.1. The van der Waals surface area contributed by atoms with Crippen molar-refractivity contribution in [2.75, 3.05) is 37.5 Å². The highest BCUT2D eigenvalue weighted by molar-refractivity contribution is 7.92. The van der Waals surface area contributed by atoms with Gasteiger partial charge in [0.2, 0.25) is 5.91 Å². The molecule has 38 heavy (non-hydrogen) atoms. The predicted octanol–water partition coefficient (Wildman–Crippen LogP) is 4.57. The van der Waals surface area contributed by atoms with Crippen LogP contribution in [0.5, 0.6) is 11.5 Å². The average Bonchev–Trinajstić information content (AvgIpc) is 3.28. The fourth-order valence-corrected chi connectivity index (χ4v) is 7.11. The maximum atomic E-state index is 13.9. The number of hydrogen-bond donors (Lipinski definition) is 1. The monoisotopic (exact) mass is 558 g/mol. The first-order valence-electron chi connectivity index (χ1n) is 12.0. The maximum Gasteiger partial charge on any atom is 0.341 e. The van der Waals surface area contributed by atoms with Crippen LogP contribution in [0.15, 0.2) is 47.4 Å². The summed E-state index contributed by atoms with van der Waals surface area (Å²) in [7, 11) is -0.0232. The van der Waals surface area contributed by atoms with E-state index in [4.69, 9.17) is 14.2 Å². The van der Waals surface area contributed by atoms with Crippen molar-refractivity contribution in [2.45, 2.75) is 37.5 Å². The smallest absolute Gasteiger partial charge is 0.341 e. The standard InChI is InChI=1S/C27H30N2O7S2/c1-17-9-12-19(13-10-17)38(32,33)29(21-15-18(34-2)11-14-22(21)35-3)16-24(30)28-26-25(27(31)36-4)20-7-5-6-8-23(20)37-26/h9-15H,5-8,16H2,1-4H3,(H,28,30). The molecule has 2 aromatic carbocycles. The lowest BCUT2D eigenvalue weighted by Gasteiger charge is -2.26. The number of methoxy groups -OCH3 is 3. The Morgan fingerprint density at radius 1 is 1.00 bits per heavy atom. The third kappa shape index (κ3) is 5.48. The summed E-state index contributed by atoms with van der Waals surface area (Å²) in [6.07, 6.45) is 3.48. The van der Waals surface area contributed by atoms with E-state index >= 15 is 0 Å². The average molecular weight is 559 g/mol. The Hall–Kier alpha value is -3.57. The van der Waals surface area contributed by atoms with E-state index in [0.29, 0.717) is 16.3 Å². The van der Waals surface area contributed by atoms with Crippen molar-refractivity contribution < 1.29 is 32.2 Å². The van der Waals surface area contributed by atoms with E-state index in [-0.39, 0.29) is 16.3 Å². The number of fused-ring (bicyclic) bond motifs is 1. The fraction of sp³-hybridized carbons (Fsp3) is 0.333. The van der Waals surface area contributed by atoms with Gasteiger partial charge in [0, 0.05) is 10.9 Å². The minimum atomic E-state index is -4.20. The number of hydrogen-bond acceptors (Lipinski definition) is 8. The summed E-state index contributed by atoms with van der Waals surface area (Å²) in [5.41, 5.74) is 2.26. The van der Waals surface area contributed by atoms with Crippen LogP contribution in [0, 0.1) is 6.92 Å². The molecule has 3 aromatic rings. The van der Waals surface area contributed by atoms with Gasteiger partial charge in [-0.2, -0.15) is 0 Å². The van der Waals surface area contributed by atoms with Crippen molar-refractivity contribution in [2.24, 2.45) is 0 Å². The van der Waals surface area contributed by atoms with Gasteiger partial charge in [0.15, 0.2) is 0 Å². The molecule has 4 rings (SSSR count). The number of carbonyl (C=O) groups is 2. The second-order valence-electron chi connectivity index (χ2n) is 8.82. The molecular weight excluding hydrogens is 528 g/mol. The van der Waals surface area contributed by atoms with Crippen LogP contribution < -0.4 is 19.1 Å². The van der Waals surface area contributed by atoms with Gasteiger partial charge in [-0.05, 0) is 62.4 Å². The lowest BCUT2D eigenvalue weighted by molar-refractivity contribution is -0.114. The van der Waals surface area contributed by atoms with Crippen molar-refractivity contribution in [3.63, 3.8) is 0 Å². The third-order valence-electron chi connectivity index (χ3n) is 6.36. The van der Waals surface area contributed by atoms with E-state index in [1.165, 1.54) is 50.9 Å². The second-order valence-corrected chi connectivity index (χ2v) is 11.8. The van der Waals surface area contributed by atoms with Crippen LogP contribution in [-0.2, 0) is 32.4 Å². The van der Waals surface area contributed by atoms with Gasteiger partial charge in [-0.3, -0.25) is 9.10 Å². The molecule has 0 spiro atoms. The van der Waals surface area contributed by atoms with Crippen molar-refractivity contribution in [1.82, 2.24) is 0 Å². The number of thiophene rings is 1. The van der Waals surface area contributed by atoms with Crippen molar-refractivity contribution in [3.8, 4) is 11.5 Å². The number of rotatable bonds is 9. The van der Waals surface area contributed by atoms with Crippen LogP contribution in [0.25, 0.3) is 0 Å². The van der Waals surface area contributed by atoms with Crippen LogP contribution in [-0.4, -0.2) is 48.2 Å². The number of nitrogens with one attached hydrogen (secondary N) is 1. The quantitative estimate of drug-likeness (QED) is 0.383. The normalized spacial score (nSPS) is 12.8. The van der Waals surface area contributed by atoms with E-state index in [0.717, 1.165) is 46.0 Å². The number of sulfonamides is 1. The van der Waals surface area contributed by atoms with Gasteiger partial charge in [-0.25, -0.2) is 13.2 Å². The highest BCUT2D eigenvalue weighted by atomic mass is 32.2. The Balaban J connectivity index is 1.75. The molecule has 0 unspecified atom stereocenters. The number of esters is 1. The second kappa shape index (κ2) is 11.4. The van der Waals surface area contributed by atoms with E-state index in [2.05, 4.69) is 5.32 Å². The zero-order valence-electron chi connectivity index (χ0n) is 21.7. The van der Waals surface area contributed by atoms with Gasteiger partial charge in [0.25, 0.3) is 10.0 Å². The molecule has 202 valence electrons. The number of ether oxygens (including phenoxy) is 3. The molecule has 9 nitrogen and oxygen atoms in total. The predicted molar refractivity (Wildman–Crippen MR) is 146 cm³/mol. The summed E-state index contributed by atoms with van der Waals surface area (Å²) in [5, 5.41) is 3.14. The van der Waals surface area contributed by atoms with Crippen LogP contribution >= 0.6 is 11.3 Å². The highest BCUT2D eigenvalue weighted by Crippen LogP contribution is 2.39. The minimum absolute atomic E-state index is 0.0163. The first-order chi connectivity index (χ1) is 18.2. The summed E-state index contributed by atoms with van der Waals surface area (Å²) in [6.45, 7) is 1.29. The largest absolute Gasteiger partial charge is 0.497 e. The number of nitrogens with zero attached hydrogens (tertiary/aromatic N) is 1. The molecule has 0 fully saturated rings. The van der Waals surface area contributed by atoms with E-state index < -0.39 is 28.4 Å². The Bertz CT molecular complexity index is 1450. The number of aryl methyl sites for hydroxylation is 2. The molecule has 1 heterocycles. The van der Waals surface area contributed by atoms with Crippen molar-refractivity contribution in [1.29, 1.82) is 0 Å². The van der Waals surface area contributed by atoms with Crippen LogP contribution in [0.4, 0.5) is 10.7 Å². The maximum absolute atomic E-state index is 13.9. The topological polar surface area (TPSA) is 111 Å². The zero-order valence-corrected chi connectivity index (χ0v) is 23.3. The van der Waals surface area contributed by atoms with E-state index in [9.17, 15) is 18.0 Å². The Kier molecular flexibility index (Phi) is 8.27. The zero-order chi connectivity index (χ0) is 27.4. The molecule has 0 aliphatic heterocycles. The Morgan fingerprint density at radius 3 is 2.37 bits per heavy atom. The molecule has 1 N–H and O–H groups in total. The van der Waals surface area contributed by atoms with Crippen LogP contribution in [0.2, 0.25) is 0 Å². The van der Waals surface area contributed by atoms with Gasteiger partial charge in [-0.1, -0.05) is 17.7 Å². The molecule has 1 aliphatic carbocycles. The number of amides is 1. The van der Waals surface area contributed by atoms with E-state index in [1.54, 1.807) is 24.3 Å². The lowest BCUT2D eigenvalue weighted by atomic mass is 9.95. The van der Waals surface area contributed by atoms with Gasteiger partial charge in [-0.15, -0.1) is 11.3 Å². The molecule has 0 radical (unpaired) electrons. The molecule has 0 atom stereocenters. The Labute approximate surface area is 226 Å². The molecule has 0 bridgehead atoms. The number of carbonyl (C=O) groups excluding carboxylic acids is 2. The number of benzene rings is 2. The highest BCUT2D eigenvalue weighted by Gasteiger charge is 2.32. The van der Waals surface area contributed by atoms with Crippen LogP contribution in [0.3, 0.4) is 0 Å². The summed E-state index contributed by atoms with van der Waals surface area (Å²) >= 11 is 1.33. The molecule has 1 amide bonds. The molecule has 1 aliphatic rings. The Morgan fingerprint density at radius 2 is 1.71 bits per heavy atom. The van der Waals surface area contributed by atoms with Gasteiger partial charge < -0.3 is 19.5 Å². The van der Waals surface area contributed by atoms with Crippen LogP contribution in [0.1, 0.15) is 39.2 Å². The summed E-state index contributed by atoms with van der Waals surface area (Å²) < 4.78 is 44.4.